The molecule has 0 aromatic heterocycles. The Kier molecular flexibility index (Phi) is 5.19. The molecule has 2 aromatic rings. The van der Waals surface area contributed by atoms with Crippen LogP contribution in [0.25, 0.3) is 0 Å². The Morgan fingerprint density at radius 2 is 1.89 bits per heavy atom. The Labute approximate surface area is 167 Å². The highest BCUT2D eigenvalue weighted by molar-refractivity contribution is 6.34. The SMILES string of the molecule is O=C1CCc2ccccc2N1c1cc(OC2CCNCC2)c([N+](=O)[O-])cc1Cl. The first kappa shape index (κ1) is 18.7. The maximum absolute atomic E-state index is 12.7. The Morgan fingerprint density at radius 1 is 1.14 bits per heavy atom. The minimum absolute atomic E-state index is 0.0951. The number of nitro groups is 1. The van der Waals surface area contributed by atoms with Gasteiger partial charge in [0.2, 0.25) is 5.91 Å². The fourth-order valence-corrected chi connectivity index (χ4v) is 3.97. The molecule has 0 atom stereocenters. The van der Waals surface area contributed by atoms with Gasteiger partial charge in [0.1, 0.15) is 6.10 Å². The lowest BCUT2D eigenvalue weighted by molar-refractivity contribution is -0.386. The van der Waals surface area contributed by atoms with E-state index >= 15 is 0 Å². The van der Waals surface area contributed by atoms with E-state index in [1.807, 2.05) is 24.3 Å². The summed E-state index contributed by atoms with van der Waals surface area (Å²) in [5, 5.41) is 14.9. The predicted molar refractivity (Wildman–Crippen MR) is 107 cm³/mol. The van der Waals surface area contributed by atoms with Crippen LogP contribution >= 0.6 is 11.6 Å². The summed E-state index contributed by atoms with van der Waals surface area (Å²) in [7, 11) is 0. The molecule has 146 valence electrons. The Balaban J connectivity index is 1.78. The molecule has 2 heterocycles. The largest absolute Gasteiger partial charge is 0.483 e. The third kappa shape index (κ3) is 3.55. The number of ether oxygens (including phenoxy) is 1. The van der Waals surface area contributed by atoms with Crippen LogP contribution in [0.4, 0.5) is 17.1 Å². The number of carbonyl (C=O) groups excluding carboxylic acids is 1. The van der Waals surface area contributed by atoms with Gasteiger partial charge in [-0.05, 0) is 44.0 Å². The molecule has 0 saturated carbocycles. The van der Waals surface area contributed by atoms with Crippen LogP contribution in [0.2, 0.25) is 5.02 Å². The van der Waals surface area contributed by atoms with E-state index in [0.29, 0.717) is 18.5 Å². The molecule has 1 amide bonds. The number of nitrogens with one attached hydrogen (secondary N) is 1. The molecule has 1 saturated heterocycles. The number of aryl methyl sites for hydroxylation is 1. The number of halogens is 1. The number of carbonyl (C=O) groups is 1. The number of nitro benzene ring substituents is 1. The van der Waals surface area contributed by atoms with E-state index in [-0.39, 0.29) is 28.5 Å². The van der Waals surface area contributed by atoms with Gasteiger partial charge in [-0.15, -0.1) is 0 Å². The van der Waals surface area contributed by atoms with Crippen molar-refractivity contribution in [3.05, 3.63) is 57.1 Å². The van der Waals surface area contributed by atoms with Gasteiger partial charge in [-0.2, -0.15) is 0 Å². The summed E-state index contributed by atoms with van der Waals surface area (Å²) in [6.45, 7) is 1.60. The average Bonchev–Trinajstić information content (AvgIpc) is 2.70. The van der Waals surface area contributed by atoms with E-state index in [9.17, 15) is 14.9 Å². The summed E-state index contributed by atoms with van der Waals surface area (Å²) in [4.78, 5) is 25.3. The van der Waals surface area contributed by atoms with E-state index in [1.165, 1.54) is 12.1 Å². The van der Waals surface area contributed by atoms with Crippen molar-refractivity contribution in [3.8, 4) is 5.75 Å². The fraction of sp³-hybridized carbons (Fsp3) is 0.350. The van der Waals surface area contributed by atoms with E-state index in [4.69, 9.17) is 16.3 Å². The van der Waals surface area contributed by atoms with Crippen molar-refractivity contribution < 1.29 is 14.5 Å². The van der Waals surface area contributed by atoms with Crippen molar-refractivity contribution in [2.45, 2.75) is 31.8 Å². The highest BCUT2D eigenvalue weighted by atomic mass is 35.5. The molecule has 2 aromatic carbocycles. The number of piperidine rings is 1. The number of hydrogen-bond acceptors (Lipinski definition) is 5. The van der Waals surface area contributed by atoms with Gasteiger partial charge >= 0.3 is 5.69 Å². The van der Waals surface area contributed by atoms with E-state index in [2.05, 4.69) is 5.32 Å². The normalized spacial score (nSPS) is 17.3. The van der Waals surface area contributed by atoms with Gasteiger partial charge in [-0.1, -0.05) is 29.8 Å². The second-order valence-electron chi connectivity index (χ2n) is 6.95. The van der Waals surface area contributed by atoms with Crippen LogP contribution in [-0.2, 0) is 11.2 Å². The zero-order chi connectivity index (χ0) is 19.7. The van der Waals surface area contributed by atoms with E-state index in [0.717, 1.165) is 37.2 Å². The smallest absolute Gasteiger partial charge is 0.312 e. The first-order chi connectivity index (χ1) is 13.5. The number of fused-ring (bicyclic) bond motifs is 1. The van der Waals surface area contributed by atoms with Crippen LogP contribution < -0.4 is 15.0 Å². The minimum Gasteiger partial charge on any atom is -0.483 e. The molecular formula is C20H20ClN3O4. The van der Waals surface area contributed by atoms with Gasteiger partial charge in [0.05, 0.1) is 21.3 Å². The van der Waals surface area contributed by atoms with Gasteiger partial charge in [-0.3, -0.25) is 19.8 Å². The molecule has 1 fully saturated rings. The predicted octanol–water partition coefficient (Wildman–Crippen LogP) is 3.99. The topological polar surface area (TPSA) is 84.7 Å². The molecule has 28 heavy (non-hydrogen) atoms. The minimum atomic E-state index is -0.502. The maximum Gasteiger partial charge on any atom is 0.312 e. The molecule has 2 aliphatic rings. The van der Waals surface area contributed by atoms with Crippen molar-refractivity contribution in [1.82, 2.24) is 5.32 Å². The highest BCUT2D eigenvalue weighted by Crippen LogP contribution is 2.43. The van der Waals surface area contributed by atoms with Gasteiger partial charge in [-0.25, -0.2) is 0 Å². The number of amides is 1. The molecule has 0 aliphatic carbocycles. The average molecular weight is 402 g/mol. The monoisotopic (exact) mass is 401 g/mol. The molecule has 0 radical (unpaired) electrons. The van der Waals surface area contributed by atoms with Crippen LogP contribution in [0.1, 0.15) is 24.8 Å². The van der Waals surface area contributed by atoms with Crippen molar-refractivity contribution in [1.29, 1.82) is 0 Å². The van der Waals surface area contributed by atoms with Crippen molar-refractivity contribution in [2.75, 3.05) is 18.0 Å². The number of anilines is 2. The standard InChI is InChI=1S/C20H20ClN3O4/c21-15-11-18(24(26)27)19(28-14-7-9-22-10-8-14)12-17(15)23-16-4-2-1-3-13(16)5-6-20(23)25/h1-4,11-12,14,22H,5-10H2. The summed E-state index contributed by atoms with van der Waals surface area (Å²) < 4.78 is 5.98. The van der Waals surface area contributed by atoms with Gasteiger partial charge in [0, 0.05) is 18.6 Å². The highest BCUT2D eigenvalue weighted by Gasteiger charge is 2.30. The van der Waals surface area contributed by atoms with Crippen LogP contribution in [-0.4, -0.2) is 30.0 Å². The van der Waals surface area contributed by atoms with Crippen molar-refractivity contribution in [3.63, 3.8) is 0 Å². The second-order valence-corrected chi connectivity index (χ2v) is 7.36. The summed E-state index contributed by atoms with van der Waals surface area (Å²) in [6.07, 6.45) is 2.43. The Bertz CT molecular complexity index is 928. The molecule has 1 N–H and O–H groups in total. The van der Waals surface area contributed by atoms with Crippen LogP contribution in [0.15, 0.2) is 36.4 Å². The zero-order valence-electron chi connectivity index (χ0n) is 15.2. The van der Waals surface area contributed by atoms with Crippen molar-refractivity contribution >= 4 is 34.6 Å². The molecular weight excluding hydrogens is 382 g/mol. The third-order valence-corrected chi connectivity index (χ3v) is 5.44. The molecule has 8 heteroatoms. The first-order valence-electron chi connectivity index (χ1n) is 9.31. The van der Waals surface area contributed by atoms with Crippen LogP contribution in [0, 0.1) is 10.1 Å². The lowest BCUT2D eigenvalue weighted by Gasteiger charge is -2.30. The van der Waals surface area contributed by atoms with Crippen molar-refractivity contribution in [2.24, 2.45) is 0 Å². The van der Waals surface area contributed by atoms with E-state index < -0.39 is 4.92 Å². The number of benzene rings is 2. The van der Waals surface area contributed by atoms with Crippen LogP contribution in [0.5, 0.6) is 5.75 Å². The van der Waals surface area contributed by atoms with Crippen LogP contribution in [0.3, 0.4) is 0 Å². The van der Waals surface area contributed by atoms with Gasteiger partial charge in [0.15, 0.2) is 5.75 Å². The number of hydrogen-bond donors (Lipinski definition) is 1. The summed E-state index contributed by atoms with van der Waals surface area (Å²) in [5.41, 5.74) is 2.01. The molecule has 0 unspecified atom stereocenters. The summed E-state index contributed by atoms with van der Waals surface area (Å²) in [5.74, 6) is 0.0504. The molecule has 0 spiro atoms. The number of para-hydroxylation sites is 1. The lowest BCUT2D eigenvalue weighted by Crippen LogP contribution is -2.34. The lowest BCUT2D eigenvalue weighted by atomic mass is 10.0. The Hall–Kier alpha value is -2.64. The Morgan fingerprint density at radius 3 is 2.64 bits per heavy atom. The fourth-order valence-electron chi connectivity index (χ4n) is 3.73. The number of rotatable bonds is 4. The summed E-state index contributed by atoms with van der Waals surface area (Å²) >= 11 is 6.39. The second kappa shape index (κ2) is 7.77. The molecule has 7 nitrogen and oxygen atoms in total. The maximum atomic E-state index is 12.7. The molecule has 0 bridgehead atoms. The van der Waals surface area contributed by atoms with Gasteiger partial charge < -0.3 is 10.1 Å². The van der Waals surface area contributed by atoms with Gasteiger partial charge in [0.25, 0.3) is 0 Å². The first-order valence-corrected chi connectivity index (χ1v) is 9.68. The molecule has 4 rings (SSSR count). The van der Waals surface area contributed by atoms with E-state index in [1.54, 1.807) is 4.90 Å². The quantitative estimate of drug-likeness (QED) is 0.618. The molecule has 2 aliphatic heterocycles. The summed E-state index contributed by atoms with van der Waals surface area (Å²) in [6, 6.07) is 10.4. The number of nitrogens with zero attached hydrogens (tertiary/aromatic N) is 2. The third-order valence-electron chi connectivity index (χ3n) is 5.14. The zero-order valence-corrected chi connectivity index (χ0v) is 15.9.